The van der Waals surface area contributed by atoms with Crippen LogP contribution < -0.4 is 43.0 Å². The number of nitrogens with zero attached hydrogens (tertiary/aromatic N) is 2. The van der Waals surface area contributed by atoms with Gasteiger partial charge in [-0.3, -0.25) is 91.1 Å². The van der Waals surface area contributed by atoms with Crippen molar-refractivity contribution in [2.45, 2.75) is 238 Å². The van der Waals surface area contributed by atoms with E-state index in [0.717, 1.165) is 18.7 Å². The number of rotatable bonds is 63. The van der Waals surface area contributed by atoms with Crippen LogP contribution in [0.5, 0.6) is 11.5 Å². The Hall–Kier alpha value is -11.6. The maximum absolute atomic E-state index is 14.8. The van der Waals surface area contributed by atoms with Crippen molar-refractivity contribution >= 4 is 112 Å². The molecule has 16 atom stereocenters. The molecule has 0 unspecified atom stereocenters. The topological polar surface area (TPSA) is 623 Å². The molecule has 0 bridgehead atoms. The first-order valence-corrected chi connectivity index (χ1v) is 43.7. The maximum Gasteiger partial charge on any atom is 0.304 e. The number of aliphatic carboxylic acids is 3. The summed E-state index contributed by atoms with van der Waals surface area (Å²) in [7, 11) is 1.32. The van der Waals surface area contributed by atoms with Crippen LogP contribution in [-0.4, -0.2) is 269 Å². The van der Waals surface area contributed by atoms with Gasteiger partial charge in [-0.25, -0.2) is 0 Å². The van der Waals surface area contributed by atoms with Gasteiger partial charge >= 0.3 is 17.9 Å². The van der Waals surface area contributed by atoms with Crippen molar-refractivity contribution in [1.82, 2.24) is 47.0 Å². The average molecular weight is 1810 g/mol. The van der Waals surface area contributed by atoms with Crippen LogP contribution in [0.3, 0.4) is 0 Å². The highest BCUT2D eigenvalue weighted by atomic mass is 16.4. The second kappa shape index (κ2) is 56.0. The standard InChI is InChI=1S/C91H130N10O28/c1-9-52(4)84(78(114)40-60(34-57-21-26-64(106)27-22-57)87(125)95-70(33-51(2)3)74(110)38-61(42-82(119)120)86(124)94-53(5)17-13-15-31-92)99-89(127)63(49-102)41-75(111)71(36-58-23-28-65(107)29-24-58)96-88(126)62(43-83(121)122)39-76(112)73(50-103)98-91(129)69(55(7)105)45-77(113)72(35-56-18-11-10-12-19-56)97-90(128)68(54(6)104)44-66(108)46-93-85(123)59(25-30-81(117)118)37-67(109)47-100(8)80(116)48-101-32-16-14-20-79(101)115/h10-12,18-19,21-24,26-29,51-55,59-63,68-73,84,102-107H,9,13-17,20,25,30-50,92H2,1-8H3,(H,93,123)(H,94,124)(H,95,125)(H,96,126)(H,97,128)(H,98,129)(H,99,127)(H,117,118)(H,119,120)(H,121,122)/t52-,53+,54+,55+,59+,60+,61-,62-,63-,68-,69-,70-,71-,72-,73-,84-/m0/s1. The first-order chi connectivity index (χ1) is 60.9. The lowest BCUT2D eigenvalue weighted by Gasteiger charge is -2.28. The highest BCUT2D eigenvalue weighted by molar-refractivity contribution is 6.01. The van der Waals surface area contributed by atoms with Gasteiger partial charge in [0.1, 0.15) is 17.5 Å². The number of nitrogens with two attached hydrogens (primary N) is 1. The van der Waals surface area contributed by atoms with E-state index in [1.54, 1.807) is 65.0 Å². The van der Waals surface area contributed by atoms with Gasteiger partial charge in [0, 0.05) is 89.3 Å². The molecule has 1 fully saturated rings. The Bertz CT molecular complexity index is 4310. The highest BCUT2D eigenvalue weighted by Gasteiger charge is 2.41. The Kier molecular flexibility index (Phi) is 47.6. The molecule has 4 rings (SSSR count). The summed E-state index contributed by atoms with van der Waals surface area (Å²) >= 11 is 0. The van der Waals surface area contributed by atoms with Gasteiger partial charge in [-0.05, 0) is 138 Å². The number of amides is 9. The smallest absolute Gasteiger partial charge is 0.304 e. The number of phenolic OH excluding ortho intramolecular Hbond substituents is 2. The molecule has 129 heavy (non-hydrogen) atoms. The first kappa shape index (κ1) is 110. The largest absolute Gasteiger partial charge is 0.508 e. The number of hydrogen-bond donors (Lipinski definition) is 17. The Morgan fingerprint density at radius 2 is 0.938 bits per heavy atom. The van der Waals surface area contributed by atoms with Gasteiger partial charge in [0.05, 0.1) is 112 Å². The number of benzene rings is 3. The number of likely N-dealkylation sites (N-methyl/N-ethyl adjacent to an activating group) is 1. The second-order valence-electron chi connectivity index (χ2n) is 34.1. The lowest BCUT2D eigenvalue weighted by Crippen LogP contribution is -2.52. The third-order valence-corrected chi connectivity index (χ3v) is 22.8. The summed E-state index contributed by atoms with van der Waals surface area (Å²) in [4.78, 5) is 263. The number of hydrogen-bond acceptors (Lipinski definition) is 26. The normalized spacial score (nSPS) is 15.8. The van der Waals surface area contributed by atoms with E-state index in [0.29, 0.717) is 56.3 Å². The zero-order chi connectivity index (χ0) is 96.5. The summed E-state index contributed by atoms with van der Waals surface area (Å²) < 4.78 is 0. The molecule has 0 aliphatic carbocycles. The number of aromatic hydroxyl groups is 2. The van der Waals surface area contributed by atoms with E-state index in [1.807, 2.05) is 0 Å². The molecule has 0 aromatic heterocycles. The van der Waals surface area contributed by atoms with Crippen molar-refractivity contribution in [2.24, 2.45) is 59.0 Å². The van der Waals surface area contributed by atoms with Crippen molar-refractivity contribution < 1.29 is 137 Å². The molecule has 38 nitrogen and oxygen atoms in total. The van der Waals surface area contributed by atoms with Gasteiger partial charge in [0.15, 0.2) is 40.5 Å². The fourth-order valence-corrected chi connectivity index (χ4v) is 14.9. The number of aliphatic hydroxyl groups is 4. The molecule has 1 aliphatic rings. The van der Waals surface area contributed by atoms with Crippen molar-refractivity contribution in [2.75, 3.05) is 53.0 Å². The molecule has 0 radical (unpaired) electrons. The molecule has 3 aromatic rings. The van der Waals surface area contributed by atoms with Gasteiger partial charge in [0.25, 0.3) is 0 Å². The van der Waals surface area contributed by atoms with Crippen molar-refractivity contribution in [1.29, 1.82) is 0 Å². The fourth-order valence-electron chi connectivity index (χ4n) is 14.9. The molecule has 38 heteroatoms. The van der Waals surface area contributed by atoms with Crippen LogP contribution in [0, 0.1) is 53.3 Å². The summed E-state index contributed by atoms with van der Waals surface area (Å²) in [6.07, 6.45) is -8.69. The van der Waals surface area contributed by atoms with Crippen LogP contribution in [-0.2, 0) is 110 Å². The Balaban J connectivity index is 1.55. The number of aliphatic hydroxyl groups excluding tert-OH is 4. The van der Waals surface area contributed by atoms with Crippen LogP contribution >= 0.6 is 0 Å². The third kappa shape index (κ3) is 39.5. The van der Waals surface area contributed by atoms with E-state index in [4.69, 9.17) is 5.73 Å². The van der Waals surface area contributed by atoms with Crippen LogP contribution in [0.25, 0.3) is 0 Å². The zero-order valence-electron chi connectivity index (χ0n) is 74.6. The SMILES string of the molecule is CC[C@H](C)[C@H](NC(=O)[C@H](CO)CC(=O)[C@H](Cc1ccc(O)cc1)NC(=O)[C@H](CC(=O)O)CC(=O)[C@H](CO)NC(=O)[C@@H](CC(=O)[C@H](Cc1ccccc1)NC(=O)[C@@H](CC(=O)CNC(=O)[C@H](CCC(=O)O)CC(=O)CN(C)C(=O)CN1CCCCC1=O)[C@@H](C)O)[C@@H](C)O)C(=O)C[C@@H](Cc1ccc(O)cc1)C(=O)N[C@@H](CC(C)C)C(=O)C[C@@H](CC(=O)O)C(=O)N[C@H](C)CCCCN. The molecule has 0 spiro atoms. The molecule has 3 aromatic carbocycles. The van der Waals surface area contributed by atoms with Crippen molar-refractivity contribution in [3.63, 3.8) is 0 Å². The number of carbonyl (C=O) groups is 19. The number of phenols is 2. The number of ketones is 7. The predicted molar refractivity (Wildman–Crippen MR) is 465 cm³/mol. The molecule has 712 valence electrons. The summed E-state index contributed by atoms with van der Waals surface area (Å²) in [5.74, 6) is -30.5. The highest BCUT2D eigenvalue weighted by Crippen LogP contribution is 2.27. The number of piperidine rings is 1. The summed E-state index contributed by atoms with van der Waals surface area (Å²) in [5.41, 5.74) is 6.77. The van der Waals surface area contributed by atoms with Crippen LogP contribution in [0.2, 0.25) is 0 Å². The minimum Gasteiger partial charge on any atom is -0.508 e. The molecule has 1 heterocycles. The van der Waals surface area contributed by atoms with Crippen molar-refractivity contribution in [3.8, 4) is 11.5 Å². The summed E-state index contributed by atoms with van der Waals surface area (Å²) in [6, 6.07) is 10.4. The Morgan fingerprint density at radius 3 is 1.45 bits per heavy atom. The number of carboxylic acids is 3. The molecule has 0 saturated carbocycles. The molecule has 1 saturated heterocycles. The van der Waals surface area contributed by atoms with E-state index in [1.165, 1.54) is 60.5 Å². The van der Waals surface area contributed by atoms with Crippen LogP contribution in [0.1, 0.15) is 187 Å². The quantitative estimate of drug-likeness (QED) is 0.0356. The number of unbranched alkanes of at least 4 members (excludes halogenated alkanes) is 1. The van der Waals surface area contributed by atoms with Crippen molar-refractivity contribution in [3.05, 3.63) is 95.6 Å². The van der Waals surface area contributed by atoms with Gasteiger partial charge in [-0.15, -0.1) is 0 Å². The number of carboxylic acid groups (broad SMARTS) is 3. The monoisotopic (exact) mass is 1810 g/mol. The number of nitrogens with one attached hydrogen (secondary N) is 7. The van der Waals surface area contributed by atoms with Gasteiger partial charge in [0.2, 0.25) is 53.2 Å². The Morgan fingerprint density at radius 1 is 0.465 bits per heavy atom. The molecule has 1 aliphatic heterocycles. The first-order valence-electron chi connectivity index (χ1n) is 43.7. The molecular formula is C91H130N10O28. The molecule has 9 amide bonds. The van der Waals surface area contributed by atoms with E-state index >= 15 is 0 Å². The molecule has 18 N–H and O–H groups in total. The predicted octanol–water partition coefficient (Wildman–Crippen LogP) is 1.45. The van der Waals surface area contributed by atoms with Crippen LogP contribution in [0.4, 0.5) is 0 Å². The minimum atomic E-state index is -1.99. The summed E-state index contributed by atoms with van der Waals surface area (Å²) in [5, 5.41) is 111. The van der Waals surface area contributed by atoms with E-state index in [9.17, 15) is 137 Å². The lowest BCUT2D eigenvalue weighted by atomic mass is 9.85. The van der Waals surface area contributed by atoms with Gasteiger partial charge < -0.3 is 98.7 Å². The lowest BCUT2D eigenvalue weighted by molar-refractivity contribution is -0.143. The van der Waals surface area contributed by atoms with Crippen LogP contribution in [0.15, 0.2) is 78.9 Å². The number of carbonyl (C=O) groups excluding carboxylic acids is 16. The number of likely N-dealkylation sites (tertiary alicyclic amines) is 1. The van der Waals surface area contributed by atoms with Gasteiger partial charge in [-0.2, -0.15) is 0 Å². The minimum absolute atomic E-state index is 0.0251. The second-order valence-corrected chi connectivity index (χ2v) is 34.1. The summed E-state index contributed by atoms with van der Waals surface area (Å²) in [6.45, 7) is 7.72. The zero-order valence-corrected chi connectivity index (χ0v) is 74.6. The van der Waals surface area contributed by atoms with Gasteiger partial charge in [-0.1, -0.05) is 95.1 Å². The van der Waals surface area contributed by atoms with E-state index < -0.39 is 292 Å². The Labute approximate surface area is 749 Å². The maximum atomic E-state index is 14.8. The average Bonchev–Trinajstić information content (AvgIpc) is 0.836. The van der Waals surface area contributed by atoms with E-state index in [2.05, 4.69) is 37.2 Å². The number of Topliss-reactive ketones (excluding diaryl/α,β-unsaturated/α-hetero) is 7. The fraction of sp³-hybridized carbons (Fsp3) is 0.593. The third-order valence-electron chi connectivity index (χ3n) is 22.8. The molecular weight excluding hydrogens is 1680 g/mol. The van der Waals surface area contributed by atoms with E-state index in [-0.39, 0.29) is 80.0 Å².